The molecule has 2 rings (SSSR count). The molecule has 0 unspecified atom stereocenters. The maximum atomic E-state index is 5.83. The summed E-state index contributed by atoms with van der Waals surface area (Å²) in [5.74, 6) is 2.09. The minimum Gasteiger partial charge on any atom is -0.485 e. The Kier molecular flexibility index (Phi) is 4.74. The number of aryl methyl sites for hydroxylation is 3. The SMILES string of the molecule is CCc1nc(COc2c(C)cc(CCN)cc2C)no1. The predicted octanol–water partition coefficient (Wildman–Crippen LogP) is 2.33. The first kappa shape index (κ1) is 14.5. The summed E-state index contributed by atoms with van der Waals surface area (Å²) in [5, 5.41) is 3.88. The van der Waals surface area contributed by atoms with E-state index in [0.717, 1.165) is 29.7 Å². The third-order valence-corrected chi connectivity index (χ3v) is 3.11. The number of nitrogens with zero attached hydrogens (tertiary/aromatic N) is 2. The van der Waals surface area contributed by atoms with Crippen molar-refractivity contribution in [3.63, 3.8) is 0 Å². The van der Waals surface area contributed by atoms with Crippen molar-refractivity contribution in [2.24, 2.45) is 5.73 Å². The van der Waals surface area contributed by atoms with Gasteiger partial charge in [0.2, 0.25) is 11.7 Å². The average molecular weight is 275 g/mol. The Labute approximate surface area is 119 Å². The van der Waals surface area contributed by atoms with Gasteiger partial charge in [0, 0.05) is 6.42 Å². The molecule has 0 radical (unpaired) electrons. The molecular weight excluding hydrogens is 254 g/mol. The number of hydrogen-bond donors (Lipinski definition) is 1. The topological polar surface area (TPSA) is 74.2 Å². The number of hydrogen-bond acceptors (Lipinski definition) is 5. The molecule has 2 N–H and O–H groups in total. The van der Waals surface area contributed by atoms with Crippen molar-refractivity contribution in [2.75, 3.05) is 6.54 Å². The molecule has 0 spiro atoms. The van der Waals surface area contributed by atoms with E-state index in [-0.39, 0.29) is 0 Å². The van der Waals surface area contributed by atoms with Crippen LogP contribution in [0.15, 0.2) is 16.7 Å². The van der Waals surface area contributed by atoms with Crippen LogP contribution in [0.1, 0.15) is 35.3 Å². The first-order chi connectivity index (χ1) is 9.63. The summed E-state index contributed by atoms with van der Waals surface area (Å²) >= 11 is 0. The molecule has 20 heavy (non-hydrogen) atoms. The number of nitrogens with two attached hydrogens (primary N) is 1. The fourth-order valence-electron chi connectivity index (χ4n) is 2.21. The lowest BCUT2D eigenvalue weighted by Crippen LogP contribution is -2.05. The summed E-state index contributed by atoms with van der Waals surface area (Å²) in [5.41, 5.74) is 9.04. The highest BCUT2D eigenvalue weighted by Gasteiger charge is 2.09. The van der Waals surface area contributed by atoms with E-state index in [0.29, 0.717) is 24.9 Å². The van der Waals surface area contributed by atoms with Crippen molar-refractivity contribution < 1.29 is 9.26 Å². The summed E-state index contributed by atoms with van der Waals surface area (Å²) in [6, 6.07) is 4.23. The second-order valence-corrected chi connectivity index (χ2v) is 4.84. The fraction of sp³-hybridized carbons (Fsp3) is 0.467. The molecule has 0 aliphatic rings. The van der Waals surface area contributed by atoms with E-state index in [4.69, 9.17) is 15.0 Å². The lowest BCUT2D eigenvalue weighted by molar-refractivity contribution is 0.281. The third kappa shape index (κ3) is 3.36. The molecule has 0 amide bonds. The van der Waals surface area contributed by atoms with Gasteiger partial charge in [-0.25, -0.2) is 0 Å². The van der Waals surface area contributed by atoms with Crippen LogP contribution in [-0.4, -0.2) is 16.7 Å². The van der Waals surface area contributed by atoms with E-state index in [1.807, 2.05) is 20.8 Å². The maximum absolute atomic E-state index is 5.83. The first-order valence-corrected chi connectivity index (χ1v) is 6.88. The van der Waals surface area contributed by atoms with Gasteiger partial charge in [-0.05, 0) is 43.5 Å². The number of aromatic nitrogens is 2. The van der Waals surface area contributed by atoms with Gasteiger partial charge in [-0.15, -0.1) is 0 Å². The molecule has 1 aromatic carbocycles. The molecular formula is C15H21N3O2. The number of rotatable bonds is 6. The molecule has 1 heterocycles. The number of ether oxygens (including phenoxy) is 1. The van der Waals surface area contributed by atoms with E-state index in [9.17, 15) is 0 Å². The zero-order chi connectivity index (χ0) is 14.5. The Bertz CT molecular complexity index is 555. The van der Waals surface area contributed by atoms with E-state index < -0.39 is 0 Å². The molecule has 0 saturated heterocycles. The van der Waals surface area contributed by atoms with Crippen LogP contribution in [-0.2, 0) is 19.4 Å². The van der Waals surface area contributed by atoms with Crippen molar-refractivity contribution in [1.29, 1.82) is 0 Å². The standard InChI is InChI=1S/C15H21N3O2/c1-4-14-17-13(18-20-14)9-19-15-10(2)7-12(5-6-16)8-11(15)3/h7-8H,4-6,9,16H2,1-3H3. The van der Waals surface area contributed by atoms with Crippen LogP contribution in [0.4, 0.5) is 0 Å². The highest BCUT2D eigenvalue weighted by molar-refractivity contribution is 5.43. The van der Waals surface area contributed by atoms with E-state index in [2.05, 4.69) is 22.3 Å². The summed E-state index contributed by atoms with van der Waals surface area (Å²) in [6.07, 6.45) is 1.62. The van der Waals surface area contributed by atoms with Crippen molar-refractivity contribution in [3.8, 4) is 5.75 Å². The molecule has 0 aliphatic carbocycles. The zero-order valence-corrected chi connectivity index (χ0v) is 12.3. The van der Waals surface area contributed by atoms with Crippen LogP contribution in [0.2, 0.25) is 0 Å². The molecule has 0 saturated carbocycles. The van der Waals surface area contributed by atoms with Gasteiger partial charge in [-0.2, -0.15) is 4.98 Å². The van der Waals surface area contributed by atoms with Crippen LogP contribution in [0.25, 0.3) is 0 Å². The van der Waals surface area contributed by atoms with E-state index in [1.165, 1.54) is 5.56 Å². The molecule has 108 valence electrons. The molecule has 5 heteroatoms. The second-order valence-electron chi connectivity index (χ2n) is 4.84. The maximum Gasteiger partial charge on any atom is 0.226 e. The number of benzene rings is 1. The quantitative estimate of drug-likeness (QED) is 0.875. The lowest BCUT2D eigenvalue weighted by atomic mass is 10.0. The highest BCUT2D eigenvalue weighted by Crippen LogP contribution is 2.25. The minimum absolute atomic E-state index is 0.321. The molecule has 1 aromatic heterocycles. The zero-order valence-electron chi connectivity index (χ0n) is 12.3. The van der Waals surface area contributed by atoms with Gasteiger partial charge in [0.1, 0.15) is 5.75 Å². The predicted molar refractivity (Wildman–Crippen MR) is 76.7 cm³/mol. The molecule has 5 nitrogen and oxygen atoms in total. The van der Waals surface area contributed by atoms with Crippen LogP contribution in [0, 0.1) is 13.8 Å². The molecule has 0 fully saturated rings. The van der Waals surface area contributed by atoms with Crippen molar-refractivity contribution in [3.05, 3.63) is 40.5 Å². The van der Waals surface area contributed by atoms with Crippen LogP contribution in [0.5, 0.6) is 5.75 Å². The smallest absolute Gasteiger partial charge is 0.226 e. The Morgan fingerprint density at radius 3 is 2.50 bits per heavy atom. The van der Waals surface area contributed by atoms with Gasteiger partial charge in [0.15, 0.2) is 6.61 Å². The van der Waals surface area contributed by atoms with Gasteiger partial charge < -0.3 is 15.0 Å². The monoisotopic (exact) mass is 275 g/mol. The second kappa shape index (κ2) is 6.52. The first-order valence-electron chi connectivity index (χ1n) is 6.88. The Hall–Kier alpha value is -1.88. The highest BCUT2D eigenvalue weighted by atomic mass is 16.5. The molecule has 0 aliphatic heterocycles. The van der Waals surface area contributed by atoms with Crippen LogP contribution < -0.4 is 10.5 Å². The summed E-state index contributed by atoms with van der Waals surface area (Å²) in [6.45, 7) is 7.03. The van der Waals surface area contributed by atoms with Gasteiger partial charge in [0.25, 0.3) is 0 Å². The molecule has 2 aromatic rings. The van der Waals surface area contributed by atoms with Gasteiger partial charge in [-0.1, -0.05) is 24.2 Å². The molecule has 0 atom stereocenters. The Morgan fingerprint density at radius 2 is 1.95 bits per heavy atom. The normalized spacial score (nSPS) is 10.8. The van der Waals surface area contributed by atoms with E-state index >= 15 is 0 Å². The minimum atomic E-state index is 0.321. The third-order valence-electron chi connectivity index (χ3n) is 3.11. The van der Waals surface area contributed by atoms with E-state index in [1.54, 1.807) is 0 Å². The summed E-state index contributed by atoms with van der Waals surface area (Å²) in [4.78, 5) is 4.23. The van der Waals surface area contributed by atoms with Gasteiger partial charge >= 0.3 is 0 Å². The van der Waals surface area contributed by atoms with Crippen molar-refractivity contribution in [1.82, 2.24) is 10.1 Å². The average Bonchev–Trinajstić information content (AvgIpc) is 2.86. The van der Waals surface area contributed by atoms with Crippen LogP contribution in [0.3, 0.4) is 0 Å². The van der Waals surface area contributed by atoms with Crippen molar-refractivity contribution >= 4 is 0 Å². The fourth-order valence-corrected chi connectivity index (χ4v) is 2.21. The summed E-state index contributed by atoms with van der Waals surface area (Å²) in [7, 11) is 0. The van der Waals surface area contributed by atoms with Gasteiger partial charge in [0.05, 0.1) is 0 Å². The molecule has 0 bridgehead atoms. The van der Waals surface area contributed by atoms with Gasteiger partial charge in [-0.3, -0.25) is 0 Å². The Morgan fingerprint density at radius 1 is 1.25 bits per heavy atom. The summed E-state index contributed by atoms with van der Waals surface area (Å²) < 4.78 is 10.9. The van der Waals surface area contributed by atoms with Crippen molar-refractivity contribution in [2.45, 2.75) is 40.2 Å². The largest absolute Gasteiger partial charge is 0.485 e. The van der Waals surface area contributed by atoms with Crippen LogP contribution >= 0.6 is 0 Å². The lowest BCUT2D eigenvalue weighted by Gasteiger charge is -2.12. The Balaban J connectivity index is 2.09.